The van der Waals surface area contributed by atoms with Gasteiger partial charge in [-0.1, -0.05) is 69.3 Å². The number of para-hydroxylation sites is 1. The van der Waals surface area contributed by atoms with Gasteiger partial charge in [-0.2, -0.15) is 0 Å². The summed E-state index contributed by atoms with van der Waals surface area (Å²) in [6, 6.07) is 26.3. The molecule has 0 spiro atoms. The van der Waals surface area contributed by atoms with Gasteiger partial charge in [-0.3, -0.25) is 4.98 Å². The summed E-state index contributed by atoms with van der Waals surface area (Å²) >= 11 is 0. The number of nitrogens with zero attached hydrogens (tertiary/aromatic N) is 2. The summed E-state index contributed by atoms with van der Waals surface area (Å²) in [5.41, 5.74) is 6.16. The highest BCUT2D eigenvalue weighted by Gasteiger charge is 2.19. The molecule has 0 radical (unpaired) electrons. The number of pyridine rings is 2. The number of furan rings is 1. The summed E-state index contributed by atoms with van der Waals surface area (Å²) in [7, 11) is 0. The molecule has 3 heterocycles. The molecule has 0 amide bonds. The number of aryl methyl sites for hydroxylation is 1. The van der Waals surface area contributed by atoms with Crippen LogP contribution in [0.2, 0.25) is 0 Å². The predicted octanol–water partition coefficient (Wildman–Crippen LogP) is 8.47. The summed E-state index contributed by atoms with van der Waals surface area (Å²) in [5, 5.41) is 4.12. The van der Waals surface area contributed by atoms with Gasteiger partial charge in [-0.25, -0.2) is 4.98 Å². The first-order valence-electron chi connectivity index (χ1n) is 12.9. The Morgan fingerprint density at radius 2 is 1.59 bits per heavy atom. The Labute approximate surface area is 203 Å². The number of hydrogen-bond donors (Lipinski definition) is 0. The van der Waals surface area contributed by atoms with Gasteiger partial charge in [0.15, 0.2) is 0 Å². The van der Waals surface area contributed by atoms with Crippen LogP contribution in [0.3, 0.4) is 0 Å². The van der Waals surface area contributed by atoms with Crippen molar-refractivity contribution in [3.63, 3.8) is 0 Å². The van der Waals surface area contributed by atoms with Crippen molar-refractivity contribution in [2.24, 2.45) is 0 Å². The second-order valence-electron chi connectivity index (χ2n) is 9.72. The minimum absolute atomic E-state index is 0.0197. The molecule has 0 N–H and O–H groups in total. The van der Waals surface area contributed by atoms with Gasteiger partial charge in [0.05, 0.1) is 5.69 Å². The smallest absolute Gasteiger partial charge is 0.227 e. The molecule has 3 aromatic carbocycles. The van der Waals surface area contributed by atoms with Crippen molar-refractivity contribution in [1.82, 2.24) is 9.97 Å². The van der Waals surface area contributed by atoms with Gasteiger partial charge in [0.2, 0.25) is 5.71 Å². The fourth-order valence-corrected chi connectivity index (χ4v) is 4.83. The van der Waals surface area contributed by atoms with Gasteiger partial charge in [0.25, 0.3) is 0 Å². The highest BCUT2D eigenvalue weighted by atomic mass is 16.3. The molecule has 0 aliphatic heterocycles. The predicted molar refractivity (Wildman–Crippen MR) is 141 cm³/mol. The van der Waals surface area contributed by atoms with Crippen molar-refractivity contribution >= 4 is 32.8 Å². The first-order chi connectivity index (χ1) is 17.6. The van der Waals surface area contributed by atoms with E-state index >= 15 is 0 Å². The van der Waals surface area contributed by atoms with Crippen LogP contribution >= 0.6 is 0 Å². The number of rotatable bonds is 2. The van der Waals surface area contributed by atoms with Gasteiger partial charge in [0.1, 0.15) is 5.58 Å². The van der Waals surface area contributed by atoms with Crippen LogP contribution in [0.1, 0.15) is 36.1 Å². The molecule has 166 valence electrons. The lowest BCUT2D eigenvalue weighted by Crippen LogP contribution is -2.11. The van der Waals surface area contributed by atoms with Gasteiger partial charge in [0, 0.05) is 32.3 Å². The maximum atomic E-state index is 7.69. The van der Waals surface area contributed by atoms with E-state index in [0.29, 0.717) is 11.3 Å². The molecule has 0 unspecified atom stereocenters. The number of fused-ring (bicyclic) bond motifs is 4. The van der Waals surface area contributed by atoms with E-state index in [1.165, 1.54) is 16.3 Å². The maximum Gasteiger partial charge on any atom is 0.227 e. The molecule has 3 heteroatoms. The second-order valence-corrected chi connectivity index (χ2v) is 9.72. The highest BCUT2D eigenvalue weighted by Crippen LogP contribution is 2.38. The Morgan fingerprint density at radius 3 is 2.41 bits per heavy atom. The Morgan fingerprint density at radius 1 is 0.765 bits per heavy atom. The Kier molecular flexibility index (Phi) is 3.87. The minimum Gasteiger partial charge on any atom is -0.437 e. The summed E-state index contributed by atoms with van der Waals surface area (Å²) in [6.07, 6.45) is 1.82. The summed E-state index contributed by atoms with van der Waals surface area (Å²) in [5.74, 6) is 0. The van der Waals surface area contributed by atoms with Gasteiger partial charge < -0.3 is 4.42 Å². The maximum absolute atomic E-state index is 7.69. The topological polar surface area (TPSA) is 38.9 Å². The van der Waals surface area contributed by atoms with Crippen LogP contribution in [0, 0.1) is 6.85 Å². The van der Waals surface area contributed by atoms with E-state index < -0.39 is 6.85 Å². The van der Waals surface area contributed by atoms with E-state index in [9.17, 15) is 0 Å². The van der Waals surface area contributed by atoms with Crippen LogP contribution in [0.4, 0.5) is 0 Å². The van der Waals surface area contributed by atoms with Crippen LogP contribution in [-0.2, 0) is 5.41 Å². The number of benzene rings is 3. The number of hydrogen-bond acceptors (Lipinski definition) is 3. The van der Waals surface area contributed by atoms with Crippen molar-refractivity contribution in [2.75, 3.05) is 0 Å². The van der Waals surface area contributed by atoms with Gasteiger partial charge in [-0.15, -0.1) is 0 Å². The molecular weight excluding hydrogens is 416 g/mol. The van der Waals surface area contributed by atoms with E-state index in [0.717, 1.165) is 33.2 Å². The van der Waals surface area contributed by atoms with Crippen molar-refractivity contribution in [1.29, 1.82) is 0 Å². The molecule has 6 aromatic rings. The van der Waals surface area contributed by atoms with Crippen molar-refractivity contribution < 1.29 is 8.53 Å². The molecular formula is C31H26N2O. The van der Waals surface area contributed by atoms with Crippen LogP contribution in [0.15, 0.2) is 89.5 Å². The van der Waals surface area contributed by atoms with Gasteiger partial charge in [-0.05, 0) is 70.1 Å². The first kappa shape index (κ1) is 17.5. The lowest BCUT2D eigenvalue weighted by Gasteiger charge is -2.22. The average Bonchev–Trinajstić information content (AvgIpc) is 3.25. The minimum atomic E-state index is -2.29. The van der Waals surface area contributed by atoms with Crippen molar-refractivity contribution in [2.45, 2.75) is 33.0 Å². The monoisotopic (exact) mass is 445 g/mol. The van der Waals surface area contributed by atoms with E-state index in [4.69, 9.17) is 8.53 Å². The summed E-state index contributed by atoms with van der Waals surface area (Å²) < 4.78 is 29.2. The van der Waals surface area contributed by atoms with Crippen LogP contribution in [0.25, 0.3) is 55.2 Å². The largest absolute Gasteiger partial charge is 0.437 e. The Bertz CT molecular complexity index is 1810. The molecule has 3 nitrogen and oxygen atoms in total. The Balaban J connectivity index is 1.52. The van der Waals surface area contributed by atoms with Crippen molar-refractivity contribution in [3.8, 4) is 22.4 Å². The third kappa shape index (κ3) is 3.28. The zero-order valence-electron chi connectivity index (χ0n) is 22.4. The molecule has 0 saturated carbocycles. The van der Waals surface area contributed by atoms with Crippen LogP contribution < -0.4 is 0 Å². The lowest BCUT2D eigenvalue weighted by atomic mass is 9.82. The highest BCUT2D eigenvalue weighted by molar-refractivity contribution is 6.08. The molecule has 34 heavy (non-hydrogen) atoms. The molecule has 0 fully saturated rings. The molecule has 0 saturated heterocycles. The quantitative estimate of drug-likeness (QED) is 0.268. The lowest BCUT2D eigenvalue weighted by molar-refractivity contribution is 0.596. The fourth-order valence-electron chi connectivity index (χ4n) is 4.83. The normalized spacial score (nSPS) is 13.8. The first-order valence-corrected chi connectivity index (χ1v) is 11.4. The zero-order chi connectivity index (χ0) is 25.9. The van der Waals surface area contributed by atoms with E-state index in [2.05, 4.69) is 73.2 Å². The SMILES string of the molecule is [2H]C([2H])([2H])c1ccc2c(n1)oc1c(-c3cc(-c4ccc(C(C)(C)C)c5ccccc45)ccn3)cccc12. The molecule has 0 aliphatic rings. The van der Waals surface area contributed by atoms with Crippen LogP contribution in [-0.4, -0.2) is 9.97 Å². The van der Waals surface area contributed by atoms with E-state index in [-0.39, 0.29) is 11.1 Å². The van der Waals surface area contributed by atoms with Crippen molar-refractivity contribution in [3.05, 3.63) is 96.3 Å². The molecule has 0 aliphatic carbocycles. The molecule has 6 rings (SSSR count). The standard InChI is InChI=1S/C31H26N2O/c1-19-12-13-25-24-10-7-11-26(29(24)34-30(25)33-19)28-18-20(16-17-32-28)21-14-15-27(31(2,3)4)23-9-6-5-8-22(21)23/h5-18H,1-4H3/i1D3. The molecule has 0 bridgehead atoms. The van der Waals surface area contributed by atoms with E-state index in [1.54, 1.807) is 12.1 Å². The molecule has 3 aromatic heterocycles. The number of aromatic nitrogens is 2. The third-order valence-corrected chi connectivity index (χ3v) is 6.44. The summed E-state index contributed by atoms with van der Waals surface area (Å²) in [4.78, 5) is 8.97. The Hall–Kier alpha value is -3.98. The zero-order valence-corrected chi connectivity index (χ0v) is 19.4. The van der Waals surface area contributed by atoms with Crippen LogP contribution in [0.5, 0.6) is 0 Å². The fraction of sp³-hybridized carbons (Fsp3) is 0.161. The third-order valence-electron chi connectivity index (χ3n) is 6.44. The molecule has 0 atom stereocenters. The van der Waals surface area contributed by atoms with E-state index in [1.807, 2.05) is 30.5 Å². The second kappa shape index (κ2) is 7.53. The summed E-state index contributed by atoms with van der Waals surface area (Å²) in [6.45, 7) is 4.42. The van der Waals surface area contributed by atoms with Gasteiger partial charge >= 0.3 is 0 Å². The average molecular weight is 446 g/mol.